The van der Waals surface area contributed by atoms with Crippen LogP contribution in [0.1, 0.15) is 17.2 Å². The fourth-order valence-electron chi connectivity index (χ4n) is 2.26. The standard InChI is InChI=1S/C15H11ClFNO/c16-10-6-9(7-11(17)8-10)15(19)13-2-1-3-14-12(13)4-5-18-14/h1-8,15,18-19H. The average Bonchev–Trinajstić information content (AvgIpc) is 2.84. The van der Waals surface area contributed by atoms with Crippen molar-refractivity contribution in [3.05, 3.63) is 70.6 Å². The topological polar surface area (TPSA) is 36.0 Å². The lowest BCUT2D eigenvalue weighted by atomic mass is 9.98. The van der Waals surface area contributed by atoms with Crippen molar-refractivity contribution in [2.45, 2.75) is 6.10 Å². The van der Waals surface area contributed by atoms with Gasteiger partial charge in [-0.2, -0.15) is 0 Å². The molecule has 0 saturated carbocycles. The third kappa shape index (κ3) is 2.23. The van der Waals surface area contributed by atoms with Crippen molar-refractivity contribution in [3.63, 3.8) is 0 Å². The first-order valence-electron chi connectivity index (χ1n) is 5.85. The van der Waals surface area contributed by atoms with Gasteiger partial charge in [0.1, 0.15) is 11.9 Å². The lowest BCUT2D eigenvalue weighted by molar-refractivity contribution is 0.221. The van der Waals surface area contributed by atoms with Crippen molar-refractivity contribution in [1.29, 1.82) is 0 Å². The number of aromatic nitrogens is 1. The predicted octanol–water partition coefficient (Wildman–Crippen LogP) is 4.04. The molecule has 0 aliphatic heterocycles. The molecular formula is C15H11ClFNO. The zero-order chi connectivity index (χ0) is 13.4. The van der Waals surface area contributed by atoms with E-state index in [0.29, 0.717) is 5.56 Å². The summed E-state index contributed by atoms with van der Waals surface area (Å²) in [6.07, 6.45) is 0.895. The molecule has 0 aliphatic carbocycles. The first kappa shape index (κ1) is 12.2. The van der Waals surface area contributed by atoms with E-state index in [2.05, 4.69) is 4.98 Å². The van der Waals surface area contributed by atoms with E-state index < -0.39 is 11.9 Å². The average molecular weight is 276 g/mol. The van der Waals surface area contributed by atoms with Gasteiger partial charge in [0.15, 0.2) is 0 Å². The summed E-state index contributed by atoms with van der Waals surface area (Å²) in [4.78, 5) is 3.08. The third-order valence-corrected chi connectivity index (χ3v) is 3.34. The van der Waals surface area contributed by atoms with Crippen LogP contribution in [0.4, 0.5) is 4.39 Å². The highest BCUT2D eigenvalue weighted by molar-refractivity contribution is 6.30. The predicted molar refractivity (Wildman–Crippen MR) is 73.8 cm³/mol. The monoisotopic (exact) mass is 275 g/mol. The van der Waals surface area contributed by atoms with Gasteiger partial charge < -0.3 is 10.1 Å². The van der Waals surface area contributed by atoms with Crippen molar-refractivity contribution >= 4 is 22.5 Å². The second-order valence-corrected chi connectivity index (χ2v) is 4.83. The number of rotatable bonds is 2. The van der Waals surface area contributed by atoms with Gasteiger partial charge in [0, 0.05) is 22.1 Å². The van der Waals surface area contributed by atoms with Crippen LogP contribution in [-0.4, -0.2) is 10.1 Å². The molecule has 0 aliphatic rings. The molecule has 0 fully saturated rings. The molecule has 0 saturated heterocycles. The van der Waals surface area contributed by atoms with Gasteiger partial charge >= 0.3 is 0 Å². The van der Waals surface area contributed by atoms with Crippen molar-refractivity contribution in [1.82, 2.24) is 4.98 Å². The van der Waals surface area contributed by atoms with E-state index in [9.17, 15) is 9.50 Å². The molecule has 1 unspecified atom stereocenters. The fraction of sp³-hybridized carbons (Fsp3) is 0.0667. The summed E-state index contributed by atoms with van der Waals surface area (Å²) >= 11 is 5.82. The minimum atomic E-state index is -0.910. The van der Waals surface area contributed by atoms with E-state index in [-0.39, 0.29) is 5.02 Å². The Bertz CT molecular complexity index is 718. The number of aliphatic hydroxyl groups excluding tert-OH is 1. The van der Waals surface area contributed by atoms with Gasteiger partial charge in [-0.05, 0) is 41.5 Å². The zero-order valence-corrected chi connectivity index (χ0v) is 10.7. The van der Waals surface area contributed by atoms with Gasteiger partial charge in [0.25, 0.3) is 0 Å². The molecule has 3 rings (SSSR count). The Morgan fingerprint density at radius 2 is 2.00 bits per heavy atom. The fourth-order valence-corrected chi connectivity index (χ4v) is 2.49. The molecule has 0 bridgehead atoms. The third-order valence-electron chi connectivity index (χ3n) is 3.12. The van der Waals surface area contributed by atoms with Crippen LogP contribution in [-0.2, 0) is 0 Å². The number of hydrogen-bond acceptors (Lipinski definition) is 1. The summed E-state index contributed by atoms with van der Waals surface area (Å²) < 4.78 is 13.4. The van der Waals surface area contributed by atoms with Gasteiger partial charge in [-0.3, -0.25) is 0 Å². The molecule has 0 radical (unpaired) electrons. The molecule has 0 spiro atoms. The number of aliphatic hydroxyl groups is 1. The Balaban J connectivity index is 2.13. The minimum Gasteiger partial charge on any atom is -0.384 e. The summed E-state index contributed by atoms with van der Waals surface area (Å²) in [7, 11) is 0. The second kappa shape index (κ2) is 4.68. The molecule has 2 nitrogen and oxygen atoms in total. The molecule has 96 valence electrons. The summed E-state index contributed by atoms with van der Waals surface area (Å²) in [5.74, 6) is -0.456. The SMILES string of the molecule is OC(c1cc(F)cc(Cl)c1)c1cccc2[nH]ccc12. The van der Waals surface area contributed by atoms with Gasteiger partial charge in [-0.1, -0.05) is 23.7 Å². The van der Waals surface area contributed by atoms with Crippen molar-refractivity contribution in [2.24, 2.45) is 0 Å². The van der Waals surface area contributed by atoms with Crippen LogP contribution in [0.25, 0.3) is 10.9 Å². The van der Waals surface area contributed by atoms with Crippen molar-refractivity contribution in [2.75, 3.05) is 0 Å². The van der Waals surface area contributed by atoms with Crippen molar-refractivity contribution < 1.29 is 9.50 Å². The Labute approximate surface area is 114 Å². The Morgan fingerprint density at radius 1 is 1.16 bits per heavy atom. The van der Waals surface area contributed by atoms with E-state index >= 15 is 0 Å². The van der Waals surface area contributed by atoms with Gasteiger partial charge in [0.05, 0.1) is 0 Å². The van der Waals surface area contributed by atoms with Crippen LogP contribution in [0, 0.1) is 5.82 Å². The smallest absolute Gasteiger partial charge is 0.125 e. The molecule has 1 atom stereocenters. The summed E-state index contributed by atoms with van der Waals surface area (Å²) in [5.41, 5.74) is 2.10. The maximum Gasteiger partial charge on any atom is 0.125 e. The van der Waals surface area contributed by atoms with E-state index in [1.54, 1.807) is 12.3 Å². The maximum absolute atomic E-state index is 13.4. The Morgan fingerprint density at radius 3 is 2.79 bits per heavy atom. The molecule has 4 heteroatoms. The number of hydrogen-bond donors (Lipinski definition) is 2. The molecular weight excluding hydrogens is 265 g/mol. The zero-order valence-electron chi connectivity index (χ0n) is 9.90. The highest BCUT2D eigenvalue weighted by atomic mass is 35.5. The van der Waals surface area contributed by atoms with Crippen LogP contribution < -0.4 is 0 Å². The van der Waals surface area contributed by atoms with Crippen LogP contribution in [0.15, 0.2) is 48.7 Å². The lowest BCUT2D eigenvalue weighted by Crippen LogP contribution is -2.00. The van der Waals surface area contributed by atoms with E-state index in [1.807, 2.05) is 24.3 Å². The molecule has 1 heterocycles. The van der Waals surface area contributed by atoms with E-state index in [1.165, 1.54) is 12.1 Å². The normalized spacial score (nSPS) is 12.8. The quantitative estimate of drug-likeness (QED) is 0.727. The van der Waals surface area contributed by atoms with Gasteiger partial charge in [-0.25, -0.2) is 4.39 Å². The number of nitrogens with one attached hydrogen (secondary N) is 1. The number of H-pyrrole nitrogens is 1. The minimum absolute atomic E-state index is 0.273. The van der Waals surface area contributed by atoms with Gasteiger partial charge in [-0.15, -0.1) is 0 Å². The Kier molecular flexibility index (Phi) is 3.01. The lowest BCUT2D eigenvalue weighted by Gasteiger charge is -2.13. The first-order chi connectivity index (χ1) is 9.15. The molecule has 0 amide bonds. The van der Waals surface area contributed by atoms with Crippen LogP contribution in [0.5, 0.6) is 0 Å². The maximum atomic E-state index is 13.4. The summed E-state index contributed by atoms with van der Waals surface area (Å²) in [6, 6.07) is 11.5. The van der Waals surface area contributed by atoms with Crippen LogP contribution >= 0.6 is 11.6 Å². The van der Waals surface area contributed by atoms with Crippen LogP contribution in [0.3, 0.4) is 0 Å². The molecule has 19 heavy (non-hydrogen) atoms. The van der Waals surface area contributed by atoms with E-state index in [4.69, 9.17) is 11.6 Å². The molecule has 2 aromatic carbocycles. The summed E-state index contributed by atoms with van der Waals surface area (Å²) in [5, 5.41) is 11.6. The molecule has 1 aromatic heterocycles. The van der Waals surface area contributed by atoms with Gasteiger partial charge in [0.2, 0.25) is 0 Å². The summed E-state index contributed by atoms with van der Waals surface area (Å²) in [6.45, 7) is 0. The largest absolute Gasteiger partial charge is 0.384 e. The first-order valence-corrected chi connectivity index (χ1v) is 6.23. The highest BCUT2D eigenvalue weighted by Crippen LogP contribution is 2.30. The van der Waals surface area contributed by atoms with Crippen molar-refractivity contribution in [3.8, 4) is 0 Å². The number of fused-ring (bicyclic) bond motifs is 1. The number of halogens is 2. The highest BCUT2D eigenvalue weighted by Gasteiger charge is 2.15. The number of aromatic amines is 1. The number of benzene rings is 2. The van der Waals surface area contributed by atoms with E-state index in [0.717, 1.165) is 16.5 Å². The Hall–Kier alpha value is -1.84. The molecule has 3 aromatic rings. The second-order valence-electron chi connectivity index (χ2n) is 4.39. The molecule has 2 N–H and O–H groups in total. The van der Waals surface area contributed by atoms with Crippen LogP contribution in [0.2, 0.25) is 5.02 Å².